The van der Waals surface area contributed by atoms with Gasteiger partial charge in [-0.25, -0.2) is 4.68 Å². The highest BCUT2D eigenvalue weighted by atomic mass is 35.5. The van der Waals surface area contributed by atoms with Crippen molar-refractivity contribution < 1.29 is 0 Å². The van der Waals surface area contributed by atoms with Crippen LogP contribution >= 0.6 is 23.2 Å². The average Bonchev–Trinajstić information content (AvgIpc) is 2.77. The van der Waals surface area contributed by atoms with Crippen LogP contribution in [0.5, 0.6) is 0 Å². The predicted octanol–water partition coefficient (Wildman–Crippen LogP) is 3.18. The van der Waals surface area contributed by atoms with Crippen molar-refractivity contribution in [3.63, 3.8) is 0 Å². The summed E-state index contributed by atoms with van der Waals surface area (Å²) in [6, 6.07) is 7.51. The van der Waals surface area contributed by atoms with Crippen molar-refractivity contribution in [2.45, 2.75) is 19.4 Å². The Morgan fingerprint density at radius 2 is 2.00 bits per heavy atom. The van der Waals surface area contributed by atoms with E-state index in [9.17, 15) is 0 Å². The second kappa shape index (κ2) is 5.88. The second-order valence-corrected chi connectivity index (χ2v) is 4.86. The summed E-state index contributed by atoms with van der Waals surface area (Å²) >= 11 is 11.9. The molecule has 7 heteroatoms. The molecular formula is C12H9Cl2N5. The highest BCUT2D eigenvalue weighted by molar-refractivity contribution is 6.42. The van der Waals surface area contributed by atoms with Gasteiger partial charge in [-0.2, -0.15) is 10.5 Å². The van der Waals surface area contributed by atoms with E-state index in [-0.39, 0.29) is 5.92 Å². The zero-order chi connectivity index (χ0) is 13.8. The molecule has 1 aromatic carbocycles. The Labute approximate surface area is 119 Å². The molecule has 0 unspecified atom stereocenters. The van der Waals surface area contributed by atoms with Gasteiger partial charge in [0.05, 0.1) is 40.2 Å². The number of nitriles is 2. The van der Waals surface area contributed by atoms with E-state index < -0.39 is 0 Å². The van der Waals surface area contributed by atoms with Crippen molar-refractivity contribution in [3.8, 4) is 12.1 Å². The first-order valence-electron chi connectivity index (χ1n) is 5.60. The summed E-state index contributed by atoms with van der Waals surface area (Å²) in [6.07, 6.45) is 0.854. The molecule has 0 saturated heterocycles. The minimum atomic E-state index is -0.279. The van der Waals surface area contributed by atoms with Crippen LogP contribution in [0.4, 0.5) is 0 Å². The summed E-state index contributed by atoms with van der Waals surface area (Å²) in [4.78, 5) is 0. The van der Waals surface area contributed by atoms with Gasteiger partial charge in [0.1, 0.15) is 5.52 Å². The van der Waals surface area contributed by atoms with E-state index in [4.69, 9.17) is 33.7 Å². The zero-order valence-corrected chi connectivity index (χ0v) is 11.4. The first-order chi connectivity index (χ1) is 9.15. The van der Waals surface area contributed by atoms with Gasteiger partial charge in [-0.15, -0.1) is 5.10 Å². The Bertz CT molecular complexity index is 680. The van der Waals surface area contributed by atoms with E-state index in [1.807, 2.05) is 6.07 Å². The Balaban J connectivity index is 2.28. The molecule has 0 N–H and O–H groups in total. The van der Waals surface area contributed by atoms with Crippen LogP contribution in [0.15, 0.2) is 12.1 Å². The van der Waals surface area contributed by atoms with Crippen LogP contribution in [-0.4, -0.2) is 15.0 Å². The molecule has 0 bridgehead atoms. The molecule has 1 heterocycles. The number of hydrogen-bond acceptors (Lipinski definition) is 4. The molecule has 2 aromatic rings. The van der Waals surface area contributed by atoms with Crippen LogP contribution in [-0.2, 0) is 6.54 Å². The largest absolute Gasteiger partial charge is 0.243 e. The molecule has 1 aromatic heterocycles. The lowest BCUT2D eigenvalue weighted by Gasteiger charge is -2.07. The molecule has 0 radical (unpaired) electrons. The van der Waals surface area contributed by atoms with Crippen molar-refractivity contribution in [1.82, 2.24) is 15.0 Å². The number of benzene rings is 1. The normalized spacial score (nSPS) is 12.0. The highest BCUT2D eigenvalue weighted by Crippen LogP contribution is 2.27. The molecule has 0 saturated carbocycles. The van der Waals surface area contributed by atoms with E-state index >= 15 is 0 Å². The molecule has 0 amide bonds. The third-order valence-corrected chi connectivity index (χ3v) is 3.46. The number of nitrogens with zero attached hydrogens (tertiary/aromatic N) is 5. The summed E-state index contributed by atoms with van der Waals surface area (Å²) in [5, 5.41) is 26.4. The van der Waals surface area contributed by atoms with Crippen molar-refractivity contribution in [2.24, 2.45) is 5.92 Å². The maximum Gasteiger partial charge on any atom is 0.114 e. The maximum atomic E-state index is 9.05. The maximum absolute atomic E-state index is 9.05. The van der Waals surface area contributed by atoms with E-state index in [1.165, 1.54) is 0 Å². The Kier molecular flexibility index (Phi) is 4.21. The number of aromatic nitrogens is 3. The number of fused-ring (bicyclic) bond motifs is 1. The van der Waals surface area contributed by atoms with Gasteiger partial charge in [-0.1, -0.05) is 28.4 Å². The van der Waals surface area contributed by atoms with Crippen molar-refractivity contribution >= 4 is 34.2 Å². The van der Waals surface area contributed by atoms with Gasteiger partial charge in [0.15, 0.2) is 0 Å². The number of halogens is 2. The molecule has 0 aliphatic carbocycles. The van der Waals surface area contributed by atoms with Crippen LogP contribution in [0.25, 0.3) is 11.0 Å². The number of hydrogen-bond donors (Lipinski definition) is 0. The molecule has 5 nitrogen and oxygen atoms in total. The highest BCUT2D eigenvalue weighted by Gasteiger charge is 2.13. The van der Waals surface area contributed by atoms with Crippen LogP contribution in [0, 0.1) is 28.6 Å². The van der Waals surface area contributed by atoms with E-state index in [2.05, 4.69) is 16.4 Å². The lowest BCUT2D eigenvalue weighted by molar-refractivity contribution is 0.476. The quantitative estimate of drug-likeness (QED) is 0.867. The molecule has 1 atom stereocenters. The van der Waals surface area contributed by atoms with Gasteiger partial charge < -0.3 is 0 Å². The van der Waals surface area contributed by atoms with Gasteiger partial charge in [-0.3, -0.25) is 0 Å². The van der Waals surface area contributed by atoms with Gasteiger partial charge in [0, 0.05) is 6.42 Å². The third-order valence-electron chi connectivity index (χ3n) is 2.74. The van der Waals surface area contributed by atoms with E-state index in [0.29, 0.717) is 34.9 Å². The van der Waals surface area contributed by atoms with Gasteiger partial charge in [-0.05, 0) is 18.6 Å². The van der Waals surface area contributed by atoms with Gasteiger partial charge in [0.25, 0.3) is 0 Å². The molecule has 0 fully saturated rings. The zero-order valence-electron chi connectivity index (χ0n) is 9.85. The lowest BCUT2D eigenvalue weighted by atomic mass is 10.1. The minimum absolute atomic E-state index is 0.279. The fourth-order valence-electron chi connectivity index (χ4n) is 1.74. The van der Waals surface area contributed by atoms with Gasteiger partial charge >= 0.3 is 0 Å². The molecular weight excluding hydrogens is 285 g/mol. The summed E-state index contributed by atoms with van der Waals surface area (Å²) in [6.45, 7) is 0.382. The SMILES string of the molecule is N#CCC[C@H](C#N)Cn1nnc2cc(Cl)c(Cl)cc21. The second-order valence-electron chi connectivity index (χ2n) is 4.05. The van der Waals surface area contributed by atoms with Crippen LogP contribution < -0.4 is 0 Å². The summed E-state index contributed by atoms with van der Waals surface area (Å²) in [5.41, 5.74) is 1.36. The molecule has 0 aliphatic heterocycles. The van der Waals surface area contributed by atoms with E-state index in [0.717, 1.165) is 5.52 Å². The molecule has 0 aliphatic rings. The van der Waals surface area contributed by atoms with Crippen molar-refractivity contribution in [2.75, 3.05) is 0 Å². The topological polar surface area (TPSA) is 78.3 Å². The third kappa shape index (κ3) is 2.96. The average molecular weight is 294 g/mol. The predicted molar refractivity (Wildman–Crippen MR) is 71.5 cm³/mol. The fourth-order valence-corrected chi connectivity index (χ4v) is 2.06. The number of rotatable bonds is 4. The lowest BCUT2D eigenvalue weighted by Crippen LogP contribution is -2.10. The molecule has 96 valence electrons. The Hall–Kier alpha value is -1.82. The smallest absolute Gasteiger partial charge is 0.114 e. The molecule has 19 heavy (non-hydrogen) atoms. The van der Waals surface area contributed by atoms with Crippen LogP contribution in [0.1, 0.15) is 12.8 Å². The van der Waals surface area contributed by atoms with E-state index in [1.54, 1.807) is 16.8 Å². The first kappa shape index (κ1) is 13.6. The standard InChI is InChI=1S/C12H9Cl2N5/c13-9-4-11-12(5-10(9)14)19(18-17-11)7-8(6-16)2-1-3-15/h4-5,8H,1-2,7H2/t8-/m1/s1. The summed E-state index contributed by atoms with van der Waals surface area (Å²) in [5.74, 6) is -0.279. The van der Waals surface area contributed by atoms with Gasteiger partial charge in [0.2, 0.25) is 0 Å². The van der Waals surface area contributed by atoms with Crippen molar-refractivity contribution in [3.05, 3.63) is 22.2 Å². The van der Waals surface area contributed by atoms with Crippen molar-refractivity contribution in [1.29, 1.82) is 10.5 Å². The first-order valence-corrected chi connectivity index (χ1v) is 6.36. The summed E-state index contributed by atoms with van der Waals surface area (Å²) < 4.78 is 1.61. The molecule has 2 rings (SSSR count). The minimum Gasteiger partial charge on any atom is -0.243 e. The monoisotopic (exact) mass is 293 g/mol. The molecule has 0 spiro atoms. The van der Waals surface area contributed by atoms with Crippen LogP contribution in [0.3, 0.4) is 0 Å². The summed E-state index contributed by atoms with van der Waals surface area (Å²) in [7, 11) is 0. The van der Waals surface area contributed by atoms with Crippen LogP contribution in [0.2, 0.25) is 10.0 Å². The fraction of sp³-hybridized carbons (Fsp3) is 0.333. The Morgan fingerprint density at radius 3 is 2.68 bits per heavy atom. The Morgan fingerprint density at radius 1 is 1.26 bits per heavy atom.